The number of aliphatic hydroxyl groups is 8. The third kappa shape index (κ3) is 33.9. The van der Waals surface area contributed by atoms with Crippen molar-refractivity contribution in [2.24, 2.45) is 0 Å². The van der Waals surface area contributed by atoms with Gasteiger partial charge in [0.1, 0.15) is 48.8 Å². The Morgan fingerprint density at radius 2 is 0.870 bits per heavy atom. The second kappa shape index (κ2) is 48.4. The van der Waals surface area contributed by atoms with Crippen molar-refractivity contribution >= 4 is 5.91 Å². The van der Waals surface area contributed by atoms with Crippen molar-refractivity contribution in [3.05, 3.63) is 60.8 Å². The number of ether oxygens (including phenoxy) is 4. The van der Waals surface area contributed by atoms with Gasteiger partial charge in [-0.25, -0.2) is 0 Å². The van der Waals surface area contributed by atoms with Crippen molar-refractivity contribution in [3.8, 4) is 0 Å². The zero-order valence-corrected chi connectivity index (χ0v) is 48.2. The molecule has 77 heavy (non-hydrogen) atoms. The summed E-state index contributed by atoms with van der Waals surface area (Å²) < 4.78 is 22.7. The number of allylic oxidation sites excluding steroid dienone is 9. The van der Waals surface area contributed by atoms with E-state index >= 15 is 0 Å². The van der Waals surface area contributed by atoms with Crippen LogP contribution in [0.1, 0.15) is 239 Å². The van der Waals surface area contributed by atoms with Crippen LogP contribution in [0.5, 0.6) is 0 Å². The molecule has 2 fully saturated rings. The van der Waals surface area contributed by atoms with Crippen LogP contribution in [0.15, 0.2) is 60.8 Å². The minimum atomic E-state index is -1.80. The van der Waals surface area contributed by atoms with Gasteiger partial charge in [-0.05, 0) is 77.0 Å². The van der Waals surface area contributed by atoms with Crippen molar-refractivity contribution in [1.29, 1.82) is 0 Å². The predicted octanol–water partition coefficient (Wildman–Crippen LogP) is 10.9. The molecule has 12 atom stereocenters. The first kappa shape index (κ1) is 70.8. The highest BCUT2D eigenvalue weighted by Crippen LogP contribution is 2.30. The van der Waals surface area contributed by atoms with E-state index in [1.807, 2.05) is 6.08 Å². The Kier molecular flexibility index (Phi) is 44.5. The third-order valence-electron chi connectivity index (χ3n) is 14.9. The maximum atomic E-state index is 13.2. The summed E-state index contributed by atoms with van der Waals surface area (Å²) in [4.78, 5) is 13.2. The zero-order valence-electron chi connectivity index (χ0n) is 48.2. The van der Waals surface area contributed by atoms with E-state index in [0.717, 1.165) is 70.6 Å². The maximum absolute atomic E-state index is 13.2. The number of unbranched alkanes of at least 4 members (excludes halogenated alkanes) is 28. The topological polar surface area (TPSA) is 228 Å². The molecule has 0 aliphatic carbocycles. The molecular formula is C63H113NO13. The van der Waals surface area contributed by atoms with Gasteiger partial charge in [-0.3, -0.25) is 4.79 Å². The highest BCUT2D eigenvalue weighted by molar-refractivity contribution is 5.76. The van der Waals surface area contributed by atoms with Crippen LogP contribution in [0, 0.1) is 0 Å². The van der Waals surface area contributed by atoms with Gasteiger partial charge >= 0.3 is 0 Å². The molecule has 448 valence electrons. The molecule has 2 aliphatic heterocycles. The van der Waals surface area contributed by atoms with Gasteiger partial charge in [-0.1, -0.05) is 216 Å². The Balaban J connectivity index is 1.75. The molecule has 0 aromatic rings. The van der Waals surface area contributed by atoms with Crippen LogP contribution in [0.4, 0.5) is 0 Å². The first-order valence-electron chi connectivity index (χ1n) is 31.0. The van der Waals surface area contributed by atoms with Crippen LogP contribution in [0.25, 0.3) is 0 Å². The molecule has 0 spiro atoms. The number of carbonyl (C=O) groups is 1. The van der Waals surface area contributed by atoms with E-state index < -0.39 is 86.8 Å². The molecule has 9 N–H and O–H groups in total. The summed E-state index contributed by atoms with van der Waals surface area (Å²) >= 11 is 0. The first-order chi connectivity index (χ1) is 37.6. The summed E-state index contributed by atoms with van der Waals surface area (Å²) in [5.74, 6) is -0.268. The standard InChI is InChI=1S/C63H113NO13/c1-3-5-7-9-11-13-15-17-19-20-21-22-23-24-25-26-27-28-29-30-31-33-34-36-38-40-42-44-46-52(67)51(64-55(68)47-45-43-41-39-37-35-32-18-16-14-12-10-8-6-4-2)50-74-62-60(73)58(71)61(54(49-66)76-62)77-63-59(72)57(70)56(69)53(48-65)75-63/h12,14,18,30-32,36,38,44,46,51-54,56-63,65-67,69-73H,3-11,13,15-17,19-29,33-35,37,39-43,45,47-50H2,1-2H3,(H,64,68)/b14-12-,31-30+,32-18-,38-36+,46-44+. The molecular weight excluding hydrogens is 979 g/mol. The lowest BCUT2D eigenvalue weighted by Crippen LogP contribution is -2.65. The minimum absolute atomic E-state index is 0.252. The molecule has 0 saturated carbocycles. The lowest BCUT2D eigenvalue weighted by atomic mass is 9.97. The zero-order chi connectivity index (χ0) is 56.0. The van der Waals surface area contributed by atoms with Crippen LogP contribution in [-0.4, -0.2) is 140 Å². The fourth-order valence-electron chi connectivity index (χ4n) is 9.88. The second-order valence-corrected chi connectivity index (χ2v) is 21.8. The third-order valence-corrected chi connectivity index (χ3v) is 14.9. The van der Waals surface area contributed by atoms with Gasteiger partial charge in [0.15, 0.2) is 12.6 Å². The molecule has 2 rings (SSSR count). The van der Waals surface area contributed by atoms with Gasteiger partial charge in [-0.15, -0.1) is 0 Å². The number of aliphatic hydroxyl groups excluding tert-OH is 8. The van der Waals surface area contributed by atoms with Gasteiger partial charge in [0.2, 0.25) is 5.91 Å². The van der Waals surface area contributed by atoms with Crippen molar-refractivity contribution < 1.29 is 64.6 Å². The average Bonchev–Trinajstić information content (AvgIpc) is 3.44. The monoisotopic (exact) mass is 1090 g/mol. The van der Waals surface area contributed by atoms with Gasteiger partial charge in [0.05, 0.1) is 32.0 Å². The normalized spacial score (nSPS) is 25.1. The molecule has 1 amide bonds. The van der Waals surface area contributed by atoms with Crippen LogP contribution in [0.3, 0.4) is 0 Å². The molecule has 14 heteroatoms. The van der Waals surface area contributed by atoms with Crippen LogP contribution in [0.2, 0.25) is 0 Å². The van der Waals surface area contributed by atoms with E-state index in [2.05, 4.69) is 67.8 Å². The van der Waals surface area contributed by atoms with Crippen LogP contribution >= 0.6 is 0 Å². The quantitative estimate of drug-likeness (QED) is 0.0204. The molecule has 12 unspecified atom stereocenters. The Labute approximate surface area is 466 Å². The van der Waals surface area contributed by atoms with E-state index in [9.17, 15) is 45.6 Å². The number of hydrogen-bond donors (Lipinski definition) is 9. The summed E-state index contributed by atoms with van der Waals surface area (Å²) in [6.45, 7) is 2.74. The molecule has 0 radical (unpaired) electrons. The summed E-state index contributed by atoms with van der Waals surface area (Å²) in [7, 11) is 0. The number of rotatable bonds is 49. The number of amides is 1. The van der Waals surface area contributed by atoms with E-state index in [-0.39, 0.29) is 18.9 Å². The summed E-state index contributed by atoms with van der Waals surface area (Å²) in [6, 6.07) is -0.948. The van der Waals surface area contributed by atoms with E-state index in [0.29, 0.717) is 12.8 Å². The van der Waals surface area contributed by atoms with Gasteiger partial charge in [0.25, 0.3) is 0 Å². The molecule has 0 bridgehead atoms. The summed E-state index contributed by atoms with van der Waals surface area (Å²) in [5.41, 5.74) is 0. The average molecular weight is 1090 g/mol. The fraction of sp³-hybridized carbons (Fsp3) is 0.825. The lowest BCUT2D eigenvalue weighted by Gasteiger charge is -2.46. The maximum Gasteiger partial charge on any atom is 0.220 e. The van der Waals surface area contributed by atoms with Crippen molar-refractivity contribution in [3.63, 3.8) is 0 Å². The summed E-state index contributed by atoms with van der Waals surface area (Å²) in [6.07, 6.45) is 45.6. The van der Waals surface area contributed by atoms with Crippen LogP contribution in [-0.2, 0) is 23.7 Å². The Hall–Kier alpha value is -2.31. The molecule has 0 aromatic heterocycles. The SMILES string of the molecule is CCCCC/C=C\C/C=C\CCCCCCCC(=O)NC(COC1OC(CO)C(OC2OC(CO)C(O)C(O)C2O)C(O)C1O)C(O)/C=C/CC/C=C/CC/C=C/CCCCCCCCCCCCCCCCCCCC. The van der Waals surface area contributed by atoms with Crippen LogP contribution < -0.4 is 5.32 Å². The molecule has 2 saturated heterocycles. The van der Waals surface area contributed by atoms with E-state index in [1.165, 1.54) is 135 Å². The predicted molar refractivity (Wildman–Crippen MR) is 309 cm³/mol. The van der Waals surface area contributed by atoms with E-state index in [1.54, 1.807) is 6.08 Å². The second-order valence-electron chi connectivity index (χ2n) is 21.8. The van der Waals surface area contributed by atoms with Crippen molar-refractivity contribution in [1.82, 2.24) is 5.32 Å². The Bertz CT molecular complexity index is 1520. The molecule has 0 aromatic carbocycles. The summed E-state index contributed by atoms with van der Waals surface area (Å²) in [5, 5.41) is 87.1. The largest absolute Gasteiger partial charge is 0.394 e. The van der Waals surface area contributed by atoms with E-state index in [4.69, 9.17) is 18.9 Å². The molecule has 2 aliphatic rings. The lowest BCUT2D eigenvalue weighted by molar-refractivity contribution is -0.359. The Morgan fingerprint density at radius 3 is 1.38 bits per heavy atom. The first-order valence-corrected chi connectivity index (χ1v) is 31.0. The van der Waals surface area contributed by atoms with Gasteiger partial charge < -0.3 is 65.1 Å². The highest BCUT2D eigenvalue weighted by atomic mass is 16.7. The number of hydrogen-bond acceptors (Lipinski definition) is 13. The van der Waals surface area contributed by atoms with Crippen molar-refractivity contribution in [2.75, 3.05) is 19.8 Å². The number of carbonyl (C=O) groups excluding carboxylic acids is 1. The fourth-order valence-corrected chi connectivity index (χ4v) is 9.88. The molecule has 2 heterocycles. The molecule has 14 nitrogen and oxygen atoms in total. The number of nitrogens with one attached hydrogen (secondary N) is 1. The van der Waals surface area contributed by atoms with Gasteiger partial charge in [-0.2, -0.15) is 0 Å². The Morgan fingerprint density at radius 1 is 0.468 bits per heavy atom. The van der Waals surface area contributed by atoms with Crippen molar-refractivity contribution in [2.45, 2.75) is 312 Å². The minimum Gasteiger partial charge on any atom is -0.394 e. The van der Waals surface area contributed by atoms with Gasteiger partial charge in [0, 0.05) is 6.42 Å². The smallest absolute Gasteiger partial charge is 0.220 e. The highest BCUT2D eigenvalue weighted by Gasteiger charge is 2.51.